The number of hydrogen-bond donors (Lipinski definition) is 1. The van der Waals surface area contributed by atoms with Crippen molar-refractivity contribution in [3.8, 4) is 16.8 Å². The number of thiophene rings is 1. The molecule has 1 N–H and O–H groups in total. The van der Waals surface area contributed by atoms with Gasteiger partial charge in [-0.2, -0.15) is 0 Å². The van der Waals surface area contributed by atoms with E-state index in [9.17, 15) is 4.79 Å². The van der Waals surface area contributed by atoms with Gasteiger partial charge in [0.15, 0.2) is 5.16 Å². The van der Waals surface area contributed by atoms with Gasteiger partial charge in [-0.3, -0.25) is 9.36 Å². The molecule has 0 aliphatic heterocycles. The molecule has 0 aliphatic rings. The summed E-state index contributed by atoms with van der Waals surface area (Å²) >= 11 is 3.08. The highest BCUT2D eigenvalue weighted by Gasteiger charge is 2.17. The van der Waals surface area contributed by atoms with Crippen molar-refractivity contribution >= 4 is 34.7 Å². The van der Waals surface area contributed by atoms with Crippen LogP contribution in [0.5, 0.6) is 0 Å². The molecule has 168 valence electrons. The standard InChI is InChI=1S/C27H22N4OS2/c32-26(28-24-16-8-7-15-23(24)20-10-3-1-4-11-20)19-34-27-30-29-25(18-22-14-9-17-33-22)31(27)21-12-5-2-6-13-21/h1-17H,18-19H2,(H,28,32). The highest BCUT2D eigenvalue weighted by Crippen LogP contribution is 2.28. The van der Waals surface area contributed by atoms with Gasteiger partial charge in [-0.05, 0) is 35.2 Å². The zero-order valence-corrected chi connectivity index (χ0v) is 19.9. The molecule has 0 spiro atoms. The summed E-state index contributed by atoms with van der Waals surface area (Å²) in [6, 6.07) is 32.1. The molecule has 1 amide bonds. The number of carbonyl (C=O) groups is 1. The van der Waals surface area contributed by atoms with E-state index in [2.05, 4.69) is 27.0 Å². The Morgan fingerprint density at radius 2 is 1.59 bits per heavy atom. The number of aromatic nitrogens is 3. The molecule has 2 aromatic heterocycles. The molecule has 3 aromatic carbocycles. The minimum absolute atomic E-state index is 0.0872. The van der Waals surface area contributed by atoms with E-state index in [1.54, 1.807) is 11.3 Å². The lowest BCUT2D eigenvalue weighted by atomic mass is 10.0. The number of nitrogens with one attached hydrogen (secondary N) is 1. The van der Waals surface area contributed by atoms with Crippen LogP contribution in [0.25, 0.3) is 16.8 Å². The van der Waals surface area contributed by atoms with Crippen LogP contribution >= 0.6 is 23.1 Å². The van der Waals surface area contributed by atoms with Crippen LogP contribution in [0, 0.1) is 0 Å². The number of carbonyl (C=O) groups excluding carboxylic acids is 1. The van der Waals surface area contributed by atoms with Crippen LogP contribution in [0.2, 0.25) is 0 Å². The molecule has 5 nitrogen and oxygen atoms in total. The average molecular weight is 483 g/mol. The zero-order chi connectivity index (χ0) is 23.2. The third kappa shape index (κ3) is 5.11. The third-order valence-corrected chi connectivity index (χ3v) is 7.05. The van der Waals surface area contributed by atoms with Crippen molar-refractivity contribution in [3.05, 3.63) is 113 Å². The summed E-state index contributed by atoms with van der Waals surface area (Å²) in [6.45, 7) is 0. The molecule has 0 unspecified atom stereocenters. The quantitative estimate of drug-likeness (QED) is 0.263. The summed E-state index contributed by atoms with van der Waals surface area (Å²) in [5.74, 6) is 0.995. The van der Waals surface area contributed by atoms with Gasteiger partial charge in [0, 0.05) is 28.2 Å². The van der Waals surface area contributed by atoms with E-state index in [1.165, 1.54) is 16.6 Å². The molecule has 7 heteroatoms. The number of para-hydroxylation sites is 2. The number of anilines is 1. The summed E-state index contributed by atoms with van der Waals surface area (Å²) in [7, 11) is 0. The summed E-state index contributed by atoms with van der Waals surface area (Å²) in [5.41, 5.74) is 3.83. The van der Waals surface area contributed by atoms with E-state index in [0.29, 0.717) is 11.6 Å². The van der Waals surface area contributed by atoms with Gasteiger partial charge >= 0.3 is 0 Å². The second-order valence-electron chi connectivity index (χ2n) is 7.57. The van der Waals surface area contributed by atoms with Crippen LogP contribution in [0.1, 0.15) is 10.7 Å². The number of benzene rings is 3. The van der Waals surface area contributed by atoms with Crippen LogP contribution in [0.3, 0.4) is 0 Å². The third-order valence-electron chi connectivity index (χ3n) is 5.25. The van der Waals surface area contributed by atoms with Crippen molar-refractivity contribution in [2.45, 2.75) is 11.6 Å². The van der Waals surface area contributed by atoms with Crippen molar-refractivity contribution in [2.75, 3.05) is 11.1 Å². The second-order valence-corrected chi connectivity index (χ2v) is 9.55. The number of thioether (sulfide) groups is 1. The highest BCUT2D eigenvalue weighted by molar-refractivity contribution is 7.99. The van der Waals surface area contributed by atoms with Crippen molar-refractivity contribution in [3.63, 3.8) is 0 Å². The van der Waals surface area contributed by atoms with Gasteiger partial charge in [0.1, 0.15) is 5.82 Å². The first-order valence-electron chi connectivity index (χ1n) is 10.9. The van der Waals surface area contributed by atoms with Crippen LogP contribution < -0.4 is 5.32 Å². The molecule has 0 fully saturated rings. The Hall–Kier alpha value is -3.68. The van der Waals surface area contributed by atoms with Gasteiger partial charge in [-0.1, -0.05) is 84.6 Å². The molecular weight excluding hydrogens is 460 g/mol. The minimum atomic E-state index is -0.0872. The summed E-state index contributed by atoms with van der Waals surface area (Å²) in [4.78, 5) is 14.1. The number of amides is 1. The second kappa shape index (κ2) is 10.5. The largest absolute Gasteiger partial charge is 0.325 e. The summed E-state index contributed by atoms with van der Waals surface area (Å²) < 4.78 is 2.04. The summed E-state index contributed by atoms with van der Waals surface area (Å²) in [6.07, 6.45) is 0.691. The molecule has 0 saturated carbocycles. The normalized spacial score (nSPS) is 10.8. The van der Waals surface area contributed by atoms with Crippen LogP contribution in [-0.4, -0.2) is 26.4 Å². The Labute approximate surface area is 206 Å². The topological polar surface area (TPSA) is 59.8 Å². The van der Waals surface area contributed by atoms with Gasteiger partial charge < -0.3 is 5.32 Å². The lowest BCUT2D eigenvalue weighted by Crippen LogP contribution is -2.15. The molecule has 34 heavy (non-hydrogen) atoms. The SMILES string of the molecule is O=C(CSc1nnc(Cc2cccs2)n1-c1ccccc1)Nc1ccccc1-c1ccccc1. The molecule has 0 radical (unpaired) electrons. The van der Waals surface area contributed by atoms with E-state index >= 15 is 0 Å². The zero-order valence-electron chi connectivity index (χ0n) is 18.3. The van der Waals surface area contributed by atoms with Crippen molar-refractivity contribution in [1.82, 2.24) is 14.8 Å². The molecule has 0 aliphatic carbocycles. The molecule has 2 heterocycles. The Balaban J connectivity index is 1.34. The van der Waals surface area contributed by atoms with E-state index < -0.39 is 0 Å². The first-order chi connectivity index (χ1) is 16.8. The molecule has 0 atom stereocenters. The molecule has 5 aromatic rings. The monoisotopic (exact) mass is 482 g/mol. The maximum atomic E-state index is 12.9. The molecule has 5 rings (SSSR count). The number of nitrogens with zero attached hydrogens (tertiary/aromatic N) is 3. The smallest absolute Gasteiger partial charge is 0.234 e. The van der Waals surface area contributed by atoms with E-state index in [0.717, 1.165) is 28.3 Å². The molecule has 0 saturated heterocycles. The number of hydrogen-bond acceptors (Lipinski definition) is 5. The van der Waals surface area contributed by atoms with E-state index in [4.69, 9.17) is 0 Å². The van der Waals surface area contributed by atoms with Gasteiger partial charge in [-0.15, -0.1) is 21.5 Å². The average Bonchev–Trinajstić information content (AvgIpc) is 3.54. The van der Waals surface area contributed by atoms with Gasteiger partial charge in [0.05, 0.1) is 5.75 Å². The van der Waals surface area contributed by atoms with Gasteiger partial charge in [0.25, 0.3) is 0 Å². The van der Waals surface area contributed by atoms with Crippen molar-refractivity contribution < 1.29 is 4.79 Å². The minimum Gasteiger partial charge on any atom is -0.325 e. The summed E-state index contributed by atoms with van der Waals surface area (Å²) in [5, 5.41) is 14.7. The first kappa shape index (κ1) is 22.1. The Morgan fingerprint density at radius 3 is 2.35 bits per heavy atom. The predicted octanol–water partition coefficient (Wildman–Crippen LogP) is 6.32. The van der Waals surface area contributed by atoms with Gasteiger partial charge in [0.2, 0.25) is 5.91 Å². The lowest BCUT2D eigenvalue weighted by molar-refractivity contribution is -0.113. The fraction of sp³-hybridized carbons (Fsp3) is 0.0741. The number of rotatable bonds is 8. The van der Waals surface area contributed by atoms with Crippen LogP contribution in [-0.2, 0) is 11.2 Å². The maximum Gasteiger partial charge on any atom is 0.234 e. The highest BCUT2D eigenvalue weighted by atomic mass is 32.2. The van der Waals surface area contributed by atoms with Crippen molar-refractivity contribution in [1.29, 1.82) is 0 Å². The van der Waals surface area contributed by atoms with E-state index in [1.807, 2.05) is 95.6 Å². The van der Waals surface area contributed by atoms with Gasteiger partial charge in [-0.25, -0.2) is 0 Å². The fourth-order valence-electron chi connectivity index (χ4n) is 3.69. The van der Waals surface area contributed by atoms with Crippen molar-refractivity contribution in [2.24, 2.45) is 0 Å². The Kier molecular flexibility index (Phi) is 6.84. The van der Waals surface area contributed by atoms with Crippen LogP contribution in [0.4, 0.5) is 5.69 Å². The van der Waals surface area contributed by atoms with Crippen LogP contribution in [0.15, 0.2) is 108 Å². The predicted molar refractivity (Wildman–Crippen MR) is 140 cm³/mol. The first-order valence-corrected chi connectivity index (χ1v) is 12.7. The molecule has 0 bridgehead atoms. The lowest BCUT2D eigenvalue weighted by Gasteiger charge is -2.12. The Morgan fingerprint density at radius 1 is 0.853 bits per heavy atom. The van der Waals surface area contributed by atoms with E-state index in [-0.39, 0.29) is 11.7 Å². The fourth-order valence-corrected chi connectivity index (χ4v) is 5.16. The molecular formula is C27H22N4OS2. The Bertz CT molecular complexity index is 1370. The maximum absolute atomic E-state index is 12.9.